The van der Waals surface area contributed by atoms with E-state index in [0.29, 0.717) is 16.9 Å². The predicted octanol–water partition coefficient (Wildman–Crippen LogP) is 3.33. The SMILES string of the molecule is COC(=O)c1ccc(C)cc1C(=O)c1ccc(C)cc1OC. The van der Waals surface area contributed by atoms with Crippen molar-refractivity contribution in [3.05, 3.63) is 64.2 Å². The molecule has 0 aliphatic carbocycles. The Hall–Kier alpha value is -2.62. The van der Waals surface area contributed by atoms with Gasteiger partial charge in [-0.3, -0.25) is 4.79 Å². The van der Waals surface area contributed by atoms with Gasteiger partial charge in [-0.1, -0.05) is 17.7 Å². The van der Waals surface area contributed by atoms with Crippen LogP contribution in [0.1, 0.15) is 37.4 Å². The summed E-state index contributed by atoms with van der Waals surface area (Å²) >= 11 is 0. The number of aryl methyl sites for hydroxylation is 2. The molecule has 2 rings (SSSR count). The second-order valence-electron chi connectivity index (χ2n) is 5.07. The van der Waals surface area contributed by atoms with E-state index in [0.717, 1.165) is 11.1 Å². The zero-order chi connectivity index (χ0) is 16.3. The number of methoxy groups -OCH3 is 2. The minimum Gasteiger partial charge on any atom is -0.496 e. The van der Waals surface area contributed by atoms with Crippen molar-refractivity contribution in [1.82, 2.24) is 0 Å². The average molecular weight is 298 g/mol. The summed E-state index contributed by atoms with van der Waals surface area (Å²) in [6, 6.07) is 10.4. The van der Waals surface area contributed by atoms with Crippen LogP contribution in [-0.4, -0.2) is 26.0 Å². The zero-order valence-corrected chi connectivity index (χ0v) is 13.1. The van der Waals surface area contributed by atoms with Crippen molar-refractivity contribution in [3.63, 3.8) is 0 Å². The summed E-state index contributed by atoms with van der Waals surface area (Å²) in [7, 11) is 2.81. The van der Waals surface area contributed by atoms with Crippen molar-refractivity contribution in [2.24, 2.45) is 0 Å². The molecule has 0 N–H and O–H groups in total. The van der Waals surface area contributed by atoms with E-state index in [-0.39, 0.29) is 11.3 Å². The molecule has 0 heterocycles. The summed E-state index contributed by atoms with van der Waals surface area (Å²) in [5.41, 5.74) is 2.87. The number of hydrogen-bond donors (Lipinski definition) is 0. The monoisotopic (exact) mass is 298 g/mol. The van der Waals surface area contributed by atoms with Crippen LogP contribution in [0.3, 0.4) is 0 Å². The van der Waals surface area contributed by atoms with Crippen LogP contribution in [0.5, 0.6) is 5.75 Å². The minimum absolute atomic E-state index is 0.251. The Morgan fingerprint density at radius 1 is 0.818 bits per heavy atom. The predicted molar refractivity (Wildman–Crippen MR) is 83.7 cm³/mol. The first kappa shape index (κ1) is 15.8. The van der Waals surface area contributed by atoms with Gasteiger partial charge < -0.3 is 9.47 Å². The first-order valence-electron chi connectivity index (χ1n) is 6.86. The summed E-state index contributed by atoms with van der Waals surface area (Å²) in [5.74, 6) is -0.308. The van der Waals surface area contributed by atoms with Gasteiger partial charge in [0.2, 0.25) is 0 Å². The van der Waals surface area contributed by atoms with E-state index in [1.54, 1.807) is 30.3 Å². The highest BCUT2D eigenvalue weighted by Crippen LogP contribution is 2.25. The van der Waals surface area contributed by atoms with Gasteiger partial charge in [0.25, 0.3) is 0 Å². The fourth-order valence-electron chi connectivity index (χ4n) is 2.27. The summed E-state index contributed by atoms with van der Waals surface area (Å²) < 4.78 is 10.0. The number of hydrogen-bond acceptors (Lipinski definition) is 4. The molecule has 0 radical (unpaired) electrons. The van der Waals surface area contributed by atoms with Crippen LogP contribution in [-0.2, 0) is 4.74 Å². The maximum atomic E-state index is 12.8. The van der Waals surface area contributed by atoms with Gasteiger partial charge in [-0.05, 0) is 43.7 Å². The molecule has 4 nitrogen and oxygen atoms in total. The topological polar surface area (TPSA) is 52.6 Å². The number of ether oxygens (including phenoxy) is 2. The molecular weight excluding hydrogens is 280 g/mol. The molecule has 0 aliphatic rings. The molecule has 0 aliphatic heterocycles. The summed E-state index contributed by atoms with van der Waals surface area (Å²) in [4.78, 5) is 24.7. The number of carbonyl (C=O) groups excluding carboxylic acids is 2. The van der Waals surface area contributed by atoms with Crippen molar-refractivity contribution in [1.29, 1.82) is 0 Å². The smallest absolute Gasteiger partial charge is 0.338 e. The summed E-state index contributed by atoms with van der Waals surface area (Å²) in [5, 5.41) is 0. The Labute approximate surface area is 129 Å². The molecule has 2 aromatic carbocycles. The quantitative estimate of drug-likeness (QED) is 0.642. The van der Waals surface area contributed by atoms with Gasteiger partial charge in [0.05, 0.1) is 25.3 Å². The highest BCUT2D eigenvalue weighted by atomic mass is 16.5. The molecule has 0 saturated heterocycles. The third-order valence-electron chi connectivity index (χ3n) is 3.43. The molecule has 0 atom stereocenters. The van der Waals surface area contributed by atoms with Crippen LogP contribution in [0.4, 0.5) is 0 Å². The molecule has 114 valence electrons. The summed E-state index contributed by atoms with van der Waals surface area (Å²) in [6.45, 7) is 3.79. The normalized spacial score (nSPS) is 10.2. The van der Waals surface area contributed by atoms with Crippen molar-refractivity contribution < 1.29 is 19.1 Å². The van der Waals surface area contributed by atoms with Gasteiger partial charge in [-0.15, -0.1) is 0 Å². The molecule has 0 fully saturated rings. The Morgan fingerprint density at radius 3 is 2.00 bits per heavy atom. The molecule has 4 heteroatoms. The first-order chi connectivity index (χ1) is 10.5. The lowest BCUT2D eigenvalue weighted by Crippen LogP contribution is -2.12. The average Bonchev–Trinajstić information content (AvgIpc) is 2.53. The lowest BCUT2D eigenvalue weighted by molar-refractivity contribution is 0.0597. The Morgan fingerprint density at radius 2 is 1.41 bits per heavy atom. The third-order valence-corrected chi connectivity index (χ3v) is 3.43. The van der Waals surface area contributed by atoms with Crippen molar-refractivity contribution in [3.8, 4) is 5.75 Å². The maximum absolute atomic E-state index is 12.8. The van der Waals surface area contributed by atoms with Crippen molar-refractivity contribution in [2.75, 3.05) is 14.2 Å². The fourth-order valence-corrected chi connectivity index (χ4v) is 2.27. The van der Waals surface area contributed by atoms with Crippen LogP contribution in [0.15, 0.2) is 36.4 Å². The number of esters is 1. The molecule has 0 bridgehead atoms. The lowest BCUT2D eigenvalue weighted by atomic mass is 9.95. The highest BCUT2D eigenvalue weighted by molar-refractivity contribution is 6.15. The number of carbonyl (C=O) groups is 2. The number of benzene rings is 2. The number of rotatable bonds is 4. The first-order valence-corrected chi connectivity index (χ1v) is 6.86. The van der Waals surface area contributed by atoms with Gasteiger partial charge in [0, 0.05) is 5.56 Å². The largest absolute Gasteiger partial charge is 0.496 e. The summed E-state index contributed by atoms with van der Waals surface area (Å²) in [6.07, 6.45) is 0. The van der Waals surface area contributed by atoms with Crippen LogP contribution in [0.25, 0.3) is 0 Å². The minimum atomic E-state index is -0.533. The molecule has 22 heavy (non-hydrogen) atoms. The van der Waals surface area contributed by atoms with Gasteiger partial charge in [0.1, 0.15) is 5.75 Å². The standard InChI is InChI=1S/C18H18O4/c1-11-5-7-13(18(20)22-4)15(9-11)17(19)14-8-6-12(2)10-16(14)21-3/h5-10H,1-4H3. The zero-order valence-electron chi connectivity index (χ0n) is 13.1. The van der Waals surface area contributed by atoms with Gasteiger partial charge >= 0.3 is 5.97 Å². The maximum Gasteiger partial charge on any atom is 0.338 e. The third kappa shape index (κ3) is 3.01. The Kier molecular flexibility index (Phi) is 4.61. The molecule has 0 aromatic heterocycles. The molecule has 0 amide bonds. The van der Waals surface area contributed by atoms with E-state index >= 15 is 0 Å². The van der Waals surface area contributed by atoms with E-state index in [1.165, 1.54) is 14.2 Å². The van der Waals surface area contributed by atoms with Crippen molar-refractivity contribution in [2.45, 2.75) is 13.8 Å². The highest BCUT2D eigenvalue weighted by Gasteiger charge is 2.21. The lowest BCUT2D eigenvalue weighted by Gasteiger charge is -2.11. The Bertz CT molecular complexity index is 732. The van der Waals surface area contributed by atoms with E-state index in [1.807, 2.05) is 19.9 Å². The molecular formula is C18H18O4. The van der Waals surface area contributed by atoms with E-state index in [2.05, 4.69) is 0 Å². The van der Waals surface area contributed by atoms with E-state index < -0.39 is 5.97 Å². The molecule has 0 spiro atoms. The van der Waals surface area contributed by atoms with E-state index in [9.17, 15) is 9.59 Å². The van der Waals surface area contributed by atoms with Crippen LogP contribution >= 0.6 is 0 Å². The Balaban J connectivity index is 2.59. The van der Waals surface area contributed by atoms with Gasteiger partial charge in [0.15, 0.2) is 5.78 Å². The fraction of sp³-hybridized carbons (Fsp3) is 0.222. The van der Waals surface area contributed by atoms with Gasteiger partial charge in [-0.2, -0.15) is 0 Å². The van der Waals surface area contributed by atoms with E-state index in [4.69, 9.17) is 9.47 Å². The van der Waals surface area contributed by atoms with Crippen LogP contribution in [0, 0.1) is 13.8 Å². The van der Waals surface area contributed by atoms with Gasteiger partial charge in [-0.25, -0.2) is 4.79 Å². The van der Waals surface area contributed by atoms with Crippen molar-refractivity contribution >= 4 is 11.8 Å². The molecule has 2 aromatic rings. The van der Waals surface area contributed by atoms with Crippen LogP contribution in [0.2, 0.25) is 0 Å². The molecule has 0 saturated carbocycles. The van der Waals surface area contributed by atoms with Crippen LogP contribution < -0.4 is 4.74 Å². The number of ketones is 1. The molecule has 0 unspecified atom stereocenters. The second kappa shape index (κ2) is 6.43. The second-order valence-corrected chi connectivity index (χ2v) is 5.07.